The monoisotopic (exact) mass is 418 g/mol. The molecule has 2 N–H and O–H groups in total. The van der Waals surface area contributed by atoms with Crippen LogP contribution in [0.3, 0.4) is 0 Å². The fourth-order valence-electron chi connectivity index (χ4n) is 5.09. The van der Waals surface area contributed by atoms with Gasteiger partial charge in [0.15, 0.2) is 5.60 Å². The van der Waals surface area contributed by atoms with Crippen molar-refractivity contribution in [3.05, 3.63) is 22.3 Å². The minimum Gasteiger partial charge on any atom is -0.507 e. The highest BCUT2D eigenvalue weighted by Gasteiger charge is 2.44. The van der Waals surface area contributed by atoms with Gasteiger partial charge in [-0.15, -0.1) is 0 Å². The lowest BCUT2D eigenvalue weighted by Gasteiger charge is -2.42. The average molecular weight is 419 g/mol. The maximum absolute atomic E-state index is 13.4. The van der Waals surface area contributed by atoms with Crippen LogP contribution < -0.4 is 4.74 Å². The zero-order valence-electron chi connectivity index (χ0n) is 19.4. The second-order valence-electron chi connectivity index (χ2n) is 9.61. The van der Waals surface area contributed by atoms with E-state index >= 15 is 0 Å². The van der Waals surface area contributed by atoms with E-state index in [4.69, 9.17) is 9.84 Å². The van der Waals surface area contributed by atoms with Crippen LogP contribution in [0.2, 0.25) is 0 Å². The molecule has 2 aliphatic rings. The molecule has 168 valence electrons. The summed E-state index contributed by atoms with van der Waals surface area (Å²) in [5, 5.41) is 20.2. The summed E-state index contributed by atoms with van der Waals surface area (Å²) < 4.78 is 6.52. The van der Waals surface area contributed by atoms with Crippen LogP contribution >= 0.6 is 0 Å². The number of rotatable bonds is 5. The molecule has 6 heteroatoms. The number of ether oxygens (including phenoxy) is 1. The van der Waals surface area contributed by atoms with Gasteiger partial charge in [-0.25, -0.2) is 0 Å². The van der Waals surface area contributed by atoms with Crippen LogP contribution in [-0.2, 0) is 11.2 Å². The molecule has 1 aromatic carbocycles. The van der Waals surface area contributed by atoms with Gasteiger partial charge in [0.05, 0.1) is 6.61 Å². The zero-order valence-corrected chi connectivity index (χ0v) is 19.4. The van der Waals surface area contributed by atoms with Crippen molar-refractivity contribution < 1.29 is 19.7 Å². The number of fused-ring (bicyclic) bond motifs is 1. The lowest BCUT2D eigenvalue weighted by Crippen LogP contribution is -2.58. The molecule has 2 aliphatic heterocycles. The van der Waals surface area contributed by atoms with Crippen molar-refractivity contribution in [1.82, 2.24) is 9.80 Å². The van der Waals surface area contributed by atoms with E-state index in [2.05, 4.69) is 32.6 Å². The highest BCUT2D eigenvalue weighted by atomic mass is 16.5. The van der Waals surface area contributed by atoms with E-state index in [9.17, 15) is 9.90 Å². The van der Waals surface area contributed by atoms with Crippen LogP contribution in [0, 0.1) is 6.92 Å². The third kappa shape index (κ3) is 4.04. The van der Waals surface area contributed by atoms with Gasteiger partial charge in [0.2, 0.25) is 0 Å². The van der Waals surface area contributed by atoms with Gasteiger partial charge >= 0.3 is 0 Å². The van der Waals surface area contributed by atoms with Crippen molar-refractivity contribution in [3.8, 4) is 11.5 Å². The molecule has 6 nitrogen and oxygen atoms in total. The Hall–Kier alpha value is -1.79. The molecule has 2 heterocycles. The number of β-amino-alcohol motifs (C(OH)–C–C–N with tert-alkyl or cyclic N) is 1. The Bertz CT molecular complexity index is 797. The van der Waals surface area contributed by atoms with Crippen LogP contribution in [0.5, 0.6) is 11.5 Å². The number of carbonyl (C=O) groups is 1. The lowest BCUT2D eigenvalue weighted by atomic mass is 9.81. The minimum atomic E-state index is -0.892. The molecular weight excluding hydrogens is 380 g/mol. The highest BCUT2D eigenvalue weighted by Crippen LogP contribution is 2.48. The van der Waals surface area contributed by atoms with E-state index in [1.165, 1.54) is 0 Å². The first kappa shape index (κ1) is 22.9. The largest absolute Gasteiger partial charge is 0.507 e. The van der Waals surface area contributed by atoms with Crippen molar-refractivity contribution in [2.24, 2.45) is 0 Å². The Kier molecular flexibility index (Phi) is 6.68. The zero-order chi connectivity index (χ0) is 22.2. The maximum Gasteiger partial charge on any atom is 0.266 e. The quantitative estimate of drug-likeness (QED) is 0.768. The van der Waals surface area contributed by atoms with E-state index in [1.54, 1.807) is 0 Å². The summed E-state index contributed by atoms with van der Waals surface area (Å²) in [5.41, 5.74) is 3.00. The van der Waals surface area contributed by atoms with Gasteiger partial charge < -0.3 is 19.8 Å². The van der Waals surface area contributed by atoms with Crippen molar-refractivity contribution >= 4 is 5.91 Å². The summed E-state index contributed by atoms with van der Waals surface area (Å²) in [6.07, 6.45) is 1.33. The van der Waals surface area contributed by atoms with Gasteiger partial charge in [0.1, 0.15) is 11.5 Å². The Labute approximate surface area is 180 Å². The van der Waals surface area contributed by atoms with Gasteiger partial charge in [-0.2, -0.15) is 0 Å². The number of hydrogen-bond donors (Lipinski definition) is 2. The molecule has 0 saturated carbocycles. The Morgan fingerprint density at radius 1 is 1.10 bits per heavy atom. The van der Waals surface area contributed by atoms with Crippen molar-refractivity contribution in [2.75, 3.05) is 39.3 Å². The first-order valence-corrected chi connectivity index (χ1v) is 11.3. The Morgan fingerprint density at radius 2 is 1.70 bits per heavy atom. The van der Waals surface area contributed by atoms with Crippen molar-refractivity contribution in [1.29, 1.82) is 0 Å². The normalized spacial score (nSPS) is 22.4. The maximum atomic E-state index is 13.4. The lowest BCUT2D eigenvalue weighted by molar-refractivity contribution is -0.150. The number of phenols is 1. The molecule has 0 spiro atoms. The third-order valence-corrected chi connectivity index (χ3v) is 6.72. The molecule has 1 atom stereocenters. The second kappa shape index (κ2) is 8.75. The van der Waals surface area contributed by atoms with E-state index < -0.39 is 5.60 Å². The van der Waals surface area contributed by atoms with Gasteiger partial charge in [0, 0.05) is 55.8 Å². The summed E-state index contributed by atoms with van der Waals surface area (Å²) in [6.45, 7) is 15.9. The number of amides is 1. The van der Waals surface area contributed by atoms with Crippen LogP contribution in [0.15, 0.2) is 0 Å². The summed E-state index contributed by atoms with van der Waals surface area (Å²) in [4.78, 5) is 17.5. The van der Waals surface area contributed by atoms with E-state index in [1.807, 2.05) is 18.7 Å². The number of aromatic hydroxyl groups is 1. The summed E-state index contributed by atoms with van der Waals surface area (Å²) in [6, 6.07) is 0. The first-order valence-electron chi connectivity index (χ1n) is 11.3. The molecule has 3 rings (SSSR count). The van der Waals surface area contributed by atoms with E-state index in [0.29, 0.717) is 31.8 Å². The van der Waals surface area contributed by atoms with E-state index in [-0.39, 0.29) is 24.3 Å². The summed E-state index contributed by atoms with van der Waals surface area (Å²) in [5.74, 6) is 1.58. The van der Waals surface area contributed by atoms with Crippen molar-refractivity contribution in [2.45, 2.75) is 71.8 Å². The second-order valence-corrected chi connectivity index (χ2v) is 9.61. The fourth-order valence-corrected chi connectivity index (χ4v) is 5.09. The molecular formula is C24H38N2O4. The molecule has 1 amide bonds. The number of nitrogens with zero attached hydrogens (tertiary/aromatic N) is 2. The number of phenolic OH excluding ortho intramolecular Hbond substituents is 1. The van der Waals surface area contributed by atoms with Crippen LogP contribution in [0.25, 0.3) is 0 Å². The van der Waals surface area contributed by atoms with Gasteiger partial charge in [-0.05, 0) is 37.7 Å². The van der Waals surface area contributed by atoms with Gasteiger partial charge in [-0.1, -0.05) is 27.7 Å². The standard InChI is InChI=1S/C24H38N2O4/c1-15(2)19-17(5)22-18(20(16(3)4)21(19)28)7-8-24(6,30-22)23(29)26-11-9-25(10-12-26)13-14-27/h15-16,27-28H,7-14H2,1-6H3. The Morgan fingerprint density at radius 3 is 2.23 bits per heavy atom. The molecule has 1 saturated heterocycles. The number of aliphatic hydroxyl groups is 1. The molecule has 0 aliphatic carbocycles. The number of carbonyl (C=O) groups excluding carboxylic acids is 1. The van der Waals surface area contributed by atoms with Crippen LogP contribution in [0.1, 0.15) is 75.1 Å². The SMILES string of the molecule is Cc1c2c(c(C(C)C)c(O)c1C(C)C)CCC(C)(C(=O)N1CCN(CCO)CC1)O2. The molecule has 30 heavy (non-hydrogen) atoms. The van der Waals surface area contributed by atoms with Gasteiger partial charge in [-0.3, -0.25) is 9.69 Å². The molecule has 1 aromatic rings. The Balaban J connectivity index is 1.91. The van der Waals surface area contributed by atoms with Gasteiger partial charge in [0.25, 0.3) is 5.91 Å². The predicted octanol–water partition coefficient (Wildman–Crippen LogP) is 3.17. The number of aliphatic hydroxyl groups excluding tert-OH is 1. The highest BCUT2D eigenvalue weighted by molar-refractivity contribution is 5.86. The van der Waals surface area contributed by atoms with Crippen molar-refractivity contribution in [3.63, 3.8) is 0 Å². The smallest absolute Gasteiger partial charge is 0.266 e. The topological polar surface area (TPSA) is 73.2 Å². The number of piperazine rings is 1. The molecule has 1 unspecified atom stereocenters. The summed E-state index contributed by atoms with van der Waals surface area (Å²) in [7, 11) is 0. The number of benzene rings is 1. The molecule has 0 aromatic heterocycles. The average Bonchev–Trinajstić information content (AvgIpc) is 2.68. The van der Waals surface area contributed by atoms with Crippen LogP contribution in [0.4, 0.5) is 0 Å². The number of hydrogen-bond acceptors (Lipinski definition) is 5. The molecule has 1 fully saturated rings. The van der Waals surface area contributed by atoms with E-state index in [0.717, 1.165) is 47.5 Å². The first-order chi connectivity index (χ1) is 14.1. The summed E-state index contributed by atoms with van der Waals surface area (Å²) >= 11 is 0. The minimum absolute atomic E-state index is 0.0430. The van der Waals surface area contributed by atoms with Crippen LogP contribution in [-0.4, -0.2) is 70.9 Å². The fraction of sp³-hybridized carbons (Fsp3) is 0.708. The molecule has 0 radical (unpaired) electrons. The molecule has 0 bridgehead atoms. The predicted molar refractivity (Wildman–Crippen MR) is 118 cm³/mol. The third-order valence-electron chi connectivity index (χ3n) is 6.72.